The van der Waals surface area contributed by atoms with Crippen molar-refractivity contribution in [3.05, 3.63) is 11.4 Å². The van der Waals surface area contributed by atoms with E-state index in [2.05, 4.69) is 15.3 Å². The van der Waals surface area contributed by atoms with Gasteiger partial charge in [-0.1, -0.05) is 6.92 Å². The third-order valence-corrected chi connectivity index (χ3v) is 4.08. The number of aromatic nitrogens is 2. The van der Waals surface area contributed by atoms with Crippen molar-refractivity contribution in [1.29, 1.82) is 0 Å². The normalized spacial score (nSPS) is 13.1. The lowest BCUT2D eigenvalue weighted by molar-refractivity contribution is -0.191. The number of Topliss-reactive ketones (excluding diaryl/α,β-unsaturated/α-hetero) is 1. The predicted molar refractivity (Wildman–Crippen MR) is 101 cm³/mol. The van der Waals surface area contributed by atoms with Crippen LogP contribution in [0.5, 0.6) is 0 Å². The molecule has 8 N–H and O–H groups in total. The van der Waals surface area contributed by atoms with E-state index in [-0.39, 0.29) is 48.2 Å². The molecule has 0 spiro atoms. The van der Waals surface area contributed by atoms with E-state index in [0.29, 0.717) is 6.42 Å². The van der Waals surface area contributed by atoms with Crippen molar-refractivity contribution in [3.63, 3.8) is 0 Å². The molecular formula is C17H25N5O8. The minimum Gasteiger partial charge on any atom is -0.481 e. The lowest BCUT2D eigenvalue weighted by Crippen LogP contribution is -2.35. The van der Waals surface area contributed by atoms with Crippen molar-refractivity contribution in [2.45, 2.75) is 32.7 Å². The fourth-order valence-corrected chi connectivity index (χ4v) is 2.42. The number of nitrogens with zero attached hydrogens (tertiary/aromatic N) is 2. The first-order valence-corrected chi connectivity index (χ1v) is 8.74. The molecule has 1 rings (SSSR count). The Morgan fingerprint density at radius 1 is 1.07 bits per heavy atom. The Kier molecular flexibility index (Phi) is 11.5. The van der Waals surface area contributed by atoms with Crippen molar-refractivity contribution >= 4 is 35.4 Å². The van der Waals surface area contributed by atoms with Crippen molar-refractivity contribution in [1.82, 2.24) is 15.3 Å². The first-order chi connectivity index (χ1) is 14.0. The number of nitrogens with one attached hydrogen (secondary N) is 1. The summed E-state index contributed by atoms with van der Waals surface area (Å²) in [5.74, 6) is -4.86. The van der Waals surface area contributed by atoms with Gasteiger partial charge in [-0.3, -0.25) is 14.4 Å². The molecule has 13 nitrogen and oxygen atoms in total. The van der Waals surface area contributed by atoms with Crippen molar-refractivity contribution < 1.29 is 39.3 Å². The summed E-state index contributed by atoms with van der Waals surface area (Å²) in [7, 11) is 0. The van der Waals surface area contributed by atoms with Crippen LogP contribution in [0.15, 0.2) is 0 Å². The number of aliphatic hydroxyl groups is 2. The van der Waals surface area contributed by atoms with Crippen LogP contribution in [-0.4, -0.2) is 68.4 Å². The molecule has 1 amide bonds. The first-order valence-electron chi connectivity index (χ1n) is 8.74. The molecule has 0 aromatic carbocycles. The number of carboxylic acids is 1. The molecular weight excluding hydrogens is 402 g/mol. The molecule has 0 unspecified atom stereocenters. The number of carbonyl (C=O) groups is 3. The van der Waals surface area contributed by atoms with Gasteiger partial charge in [-0.15, -0.1) is 0 Å². The highest BCUT2D eigenvalue weighted by Gasteiger charge is 2.28. The molecule has 13 heteroatoms. The highest BCUT2D eigenvalue weighted by molar-refractivity contribution is 6.02. The predicted octanol–water partition coefficient (Wildman–Crippen LogP) is -1.54. The molecule has 166 valence electrons. The molecule has 0 bridgehead atoms. The molecule has 3 atom stereocenters. The Balaban J connectivity index is 0.00000263. The molecule has 0 aliphatic heterocycles. The topological polar surface area (TPSA) is 236 Å². The van der Waals surface area contributed by atoms with Crippen LogP contribution in [-0.2, 0) is 14.4 Å². The van der Waals surface area contributed by atoms with Crippen molar-refractivity contribution in [3.8, 4) is 0 Å². The maximum Gasteiger partial charge on any atom is 0.373 e. The number of nitrogens with two attached hydrogens (primary N) is 2. The van der Waals surface area contributed by atoms with Gasteiger partial charge in [-0.05, 0) is 19.3 Å². The van der Waals surface area contributed by atoms with E-state index in [1.807, 2.05) is 0 Å². The Morgan fingerprint density at radius 3 is 2.03 bits per heavy atom. The SMILES string of the molecule is C[C@H](CC(=O)c1nc(N)c(C(=O)N[C@@H](C)CCO)nc1N)[C@H](CO)C(=O)O.O=C=O. The van der Waals surface area contributed by atoms with Gasteiger partial charge >= 0.3 is 12.1 Å². The number of aliphatic hydroxyl groups excluding tert-OH is 2. The van der Waals surface area contributed by atoms with Gasteiger partial charge in [0.2, 0.25) is 0 Å². The van der Waals surface area contributed by atoms with Gasteiger partial charge < -0.3 is 32.1 Å². The minimum absolute atomic E-state index is 0.110. The second-order valence-corrected chi connectivity index (χ2v) is 6.39. The Morgan fingerprint density at radius 2 is 1.57 bits per heavy atom. The van der Waals surface area contributed by atoms with E-state index in [9.17, 15) is 14.4 Å². The zero-order chi connectivity index (χ0) is 23.4. The van der Waals surface area contributed by atoms with Crippen molar-refractivity contribution in [2.24, 2.45) is 11.8 Å². The van der Waals surface area contributed by atoms with Gasteiger partial charge in [0.25, 0.3) is 5.91 Å². The Labute approximate surface area is 171 Å². The van der Waals surface area contributed by atoms with Crippen LogP contribution in [0.2, 0.25) is 0 Å². The Bertz CT molecular complexity index is 795. The minimum atomic E-state index is -1.22. The van der Waals surface area contributed by atoms with E-state index in [1.54, 1.807) is 6.92 Å². The number of anilines is 2. The second-order valence-electron chi connectivity index (χ2n) is 6.39. The molecule has 0 aliphatic rings. The summed E-state index contributed by atoms with van der Waals surface area (Å²) in [6, 6.07) is -0.335. The molecule has 0 fully saturated rings. The molecule has 0 saturated carbocycles. The number of carbonyl (C=O) groups excluding carboxylic acids is 4. The number of ketones is 1. The summed E-state index contributed by atoms with van der Waals surface area (Å²) >= 11 is 0. The highest BCUT2D eigenvalue weighted by Crippen LogP contribution is 2.21. The van der Waals surface area contributed by atoms with E-state index in [0.717, 1.165) is 0 Å². The number of hydrogen-bond donors (Lipinski definition) is 6. The molecule has 1 heterocycles. The third-order valence-electron chi connectivity index (χ3n) is 4.08. The highest BCUT2D eigenvalue weighted by atomic mass is 16.4. The summed E-state index contributed by atoms with van der Waals surface area (Å²) < 4.78 is 0. The smallest absolute Gasteiger partial charge is 0.373 e. The summed E-state index contributed by atoms with van der Waals surface area (Å²) in [5.41, 5.74) is 10.9. The van der Waals surface area contributed by atoms with Crippen LogP contribution in [0.25, 0.3) is 0 Å². The van der Waals surface area contributed by atoms with Crippen LogP contribution in [0.4, 0.5) is 11.6 Å². The zero-order valence-electron chi connectivity index (χ0n) is 16.5. The van der Waals surface area contributed by atoms with Gasteiger partial charge in [-0.25, -0.2) is 9.97 Å². The number of nitrogen functional groups attached to an aromatic ring is 2. The summed E-state index contributed by atoms with van der Waals surface area (Å²) in [5, 5.41) is 29.6. The van der Waals surface area contributed by atoms with Crippen LogP contribution in [0.1, 0.15) is 47.7 Å². The van der Waals surface area contributed by atoms with E-state index in [4.69, 9.17) is 36.4 Å². The molecule has 1 aromatic heterocycles. The van der Waals surface area contributed by atoms with E-state index >= 15 is 0 Å². The van der Waals surface area contributed by atoms with Crippen molar-refractivity contribution in [2.75, 3.05) is 24.7 Å². The fraction of sp³-hybridized carbons (Fsp3) is 0.529. The third kappa shape index (κ3) is 7.91. The average molecular weight is 427 g/mol. The van der Waals surface area contributed by atoms with Crippen LogP contribution < -0.4 is 16.8 Å². The number of aliphatic carboxylic acids is 1. The van der Waals surface area contributed by atoms with Crippen LogP contribution in [0.3, 0.4) is 0 Å². The Hall–Kier alpha value is -3.41. The first kappa shape index (κ1) is 26.6. The van der Waals surface area contributed by atoms with E-state index in [1.165, 1.54) is 6.92 Å². The number of rotatable bonds is 10. The second kappa shape index (κ2) is 12.9. The maximum atomic E-state index is 12.4. The molecule has 30 heavy (non-hydrogen) atoms. The lowest BCUT2D eigenvalue weighted by atomic mass is 9.89. The number of amides is 1. The molecule has 0 radical (unpaired) electrons. The summed E-state index contributed by atoms with van der Waals surface area (Å²) in [6.07, 6.45) is 0.341. The molecule has 0 saturated heterocycles. The molecule has 1 aromatic rings. The lowest BCUT2D eigenvalue weighted by Gasteiger charge is -2.17. The quantitative estimate of drug-likeness (QED) is 0.233. The fourth-order valence-electron chi connectivity index (χ4n) is 2.42. The number of carboxylic acid groups (broad SMARTS) is 1. The van der Waals surface area contributed by atoms with E-state index < -0.39 is 36.1 Å². The van der Waals surface area contributed by atoms with Crippen LogP contribution >= 0.6 is 0 Å². The standard InChI is InChI=1S/C16H25N5O6.CO2/c1-7(9(6-23)16(26)27)5-10(24)11-13(17)21-12(14(18)20-11)15(25)19-8(2)3-4-22;2-1-3/h7-9,22-23H,3-6H2,1-2H3,(H2,17,21)(H2,18,20)(H,19,25)(H,26,27);/t7-,8+,9+;/m1./s1. The molecule has 0 aliphatic carbocycles. The monoisotopic (exact) mass is 427 g/mol. The summed E-state index contributed by atoms with van der Waals surface area (Å²) in [4.78, 5) is 59.5. The van der Waals surface area contributed by atoms with Crippen LogP contribution in [0, 0.1) is 11.8 Å². The number of hydrogen-bond acceptors (Lipinski definition) is 11. The van der Waals surface area contributed by atoms with Gasteiger partial charge in [0.1, 0.15) is 0 Å². The zero-order valence-corrected chi connectivity index (χ0v) is 16.5. The van der Waals surface area contributed by atoms with Gasteiger partial charge in [0.05, 0.1) is 12.5 Å². The van der Waals surface area contributed by atoms with Gasteiger partial charge in [0, 0.05) is 19.1 Å². The van der Waals surface area contributed by atoms with Gasteiger partial charge in [-0.2, -0.15) is 9.59 Å². The maximum absolute atomic E-state index is 12.4. The average Bonchev–Trinajstić information content (AvgIpc) is 2.64. The largest absolute Gasteiger partial charge is 0.481 e. The van der Waals surface area contributed by atoms with Gasteiger partial charge in [0.15, 0.2) is 28.8 Å². The summed E-state index contributed by atoms with van der Waals surface area (Å²) in [6.45, 7) is 2.46.